The topological polar surface area (TPSA) is 20.3 Å². The highest BCUT2D eigenvalue weighted by molar-refractivity contribution is 6.89. The number of fused-ring (bicyclic) bond motifs is 1. The van der Waals surface area contributed by atoms with Crippen LogP contribution in [0.1, 0.15) is 27.5 Å². The van der Waals surface area contributed by atoms with Crippen LogP contribution in [0.5, 0.6) is 0 Å². The molecule has 3 rings (SSSR count). The molecule has 2 aromatic carbocycles. The van der Waals surface area contributed by atoms with Crippen molar-refractivity contribution < 1.29 is 4.79 Å². The summed E-state index contributed by atoms with van der Waals surface area (Å²) >= 11 is 0. The van der Waals surface area contributed by atoms with Crippen LogP contribution in [0.4, 0.5) is 0 Å². The summed E-state index contributed by atoms with van der Waals surface area (Å²) < 4.78 is 0. The van der Waals surface area contributed by atoms with Gasteiger partial charge in [-0.05, 0) is 23.3 Å². The Morgan fingerprint density at radius 2 is 1.63 bits per heavy atom. The number of carbonyl (C=O) groups is 1. The summed E-state index contributed by atoms with van der Waals surface area (Å²) in [5.74, 6) is 3.60. The molecule has 1 atom stereocenters. The van der Waals surface area contributed by atoms with Crippen molar-refractivity contribution in [1.29, 1.82) is 0 Å². The minimum Gasteiger partial charge on any atom is -0.316 e. The Morgan fingerprint density at radius 3 is 2.22 bits per heavy atom. The summed E-state index contributed by atoms with van der Waals surface area (Å²) in [6.45, 7) is 14.5. The van der Waals surface area contributed by atoms with Gasteiger partial charge in [0.25, 0.3) is 5.91 Å². The van der Waals surface area contributed by atoms with Crippen LogP contribution in [-0.2, 0) is 6.54 Å². The second-order valence-electron chi connectivity index (χ2n) is 9.35. The number of benzene rings is 2. The van der Waals surface area contributed by atoms with E-state index in [1.165, 1.54) is 16.3 Å². The Hall–Kier alpha value is -2.10. The molecule has 0 radical (unpaired) electrons. The Balaban J connectivity index is 2.12. The second kappa shape index (κ2) is 7.14. The standard InChI is InChI=1S/C23H29NOSi2/c1-26(2,3)16-15-20-22-19(13-10-14-21(22)27(4,5)6)17-24(20)23(25)18-11-8-7-9-12-18/h7-14,20H,17H2,1-6H3. The Kier molecular flexibility index (Phi) is 5.20. The van der Waals surface area contributed by atoms with Crippen LogP contribution in [0.2, 0.25) is 39.3 Å². The van der Waals surface area contributed by atoms with Gasteiger partial charge in [-0.25, -0.2) is 0 Å². The third kappa shape index (κ3) is 4.26. The summed E-state index contributed by atoms with van der Waals surface area (Å²) in [6, 6.07) is 16.0. The predicted octanol–water partition coefficient (Wildman–Crippen LogP) is 4.81. The zero-order valence-electron chi connectivity index (χ0n) is 17.3. The Labute approximate surface area is 165 Å². The Morgan fingerprint density at radius 1 is 0.963 bits per heavy atom. The van der Waals surface area contributed by atoms with E-state index in [2.05, 4.69) is 68.9 Å². The lowest BCUT2D eigenvalue weighted by Gasteiger charge is -2.26. The van der Waals surface area contributed by atoms with E-state index in [-0.39, 0.29) is 11.9 Å². The van der Waals surface area contributed by atoms with Crippen LogP contribution in [0.3, 0.4) is 0 Å². The summed E-state index contributed by atoms with van der Waals surface area (Å²) in [6.07, 6.45) is 0. The highest BCUT2D eigenvalue weighted by atomic mass is 28.3. The van der Waals surface area contributed by atoms with Crippen molar-refractivity contribution in [2.45, 2.75) is 51.9 Å². The molecule has 1 heterocycles. The molecule has 1 aliphatic heterocycles. The molecule has 0 saturated carbocycles. The number of amides is 1. The molecule has 1 unspecified atom stereocenters. The minimum absolute atomic E-state index is 0.0724. The summed E-state index contributed by atoms with van der Waals surface area (Å²) in [4.78, 5) is 15.3. The second-order valence-corrected chi connectivity index (χ2v) is 19.1. The SMILES string of the molecule is C[Si](C)(C)C#CC1c2c(cccc2[Si](C)(C)C)CN1C(=O)c1ccccc1. The van der Waals surface area contributed by atoms with E-state index in [0.717, 1.165) is 5.56 Å². The van der Waals surface area contributed by atoms with Crippen LogP contribution >= 0.6 is 0 Å². The molecule has 0 bridgehead atoms. The summed E-state index contributed by atoms with van der Waals surface area (Å²) in [5.41, 5.74) is 6.82. The largest absolute Gasteiger partial charge is 0.316 e. The van der Waals surface area contributed by atoms with Crippen LogP contribution in [0.25, 0.3) is 0 Å². The van der Waals surface area contributed by atoms with Crippen molar-refractivity contribution in [2.75, 3.05) is 0 Å². The molecule has 0 aliphatic carbocycles. The average molecular weight is 392 g/mol. The molecular formula is C23H29NOSi2. The summed E-state index contributed by atoms with van der Waals surface area (Å²) in [5, 5.41) is 1.43. The molecule has 4 heteroatoms. The average Bonchev–Trinajstić information content (AvgIpc) is 2.97. The number of rotatable bonds is 2. The van der Waals surface area contributed by atoms with Crippen LogP contribution < -0.4 is 5.19 Å². The normalized spacial score (nSPS) is 16.5. The number of hydrogen-bond donors (Lipinski definition) is 0. The molecular weight excluding hydrogens is 362 g/mol. The van der Waals surface area contributed by atoms with Gasteiger partial charge in [0.1, 0.15) is 14.1 Å². The van der Waals surface area contributed by atoms with Gasteiger partial charge in [-0.15, -0.1) is 5.54 Å². The molecule has 27 heavy (non-hydrogen) atoms. The zero-order chi connectivity index (χ0) is 19.8. The van der Waals surface area contributed by atoms with E-state index < -0.39 is 16.1 Å². The third-order valence-corrected chi connectivity index (χ3v) is 7.74. The fourth-order valence-corrected chi connectivity index (χ4v) is 5.80. The van der Waals surface area contributed by atoms with E-state index >= 15 is 0 Å². The molecule has 0 aromatic heterocycles. The first-order valence-corrected chi connectivity index (χ1v) is 16.6. The maximum absolute atomic E-state index is 13.3. The van der Waals surface area contributed by atoms with Gasteiger partial charge in [0, 0.05) is 12.1 Å². The van der Waals surface area contributed by atoms with E-state index in [1.54, 1.807) is 0 Å². The monoisotopic (exact) mass is 391 g/mol. The fraction of sp³-hybridized carbons (Fsp3) is 0.348. The highest BCUT2D eigenvalue weighted by Gasteiger charge is 2.37. The molecule has 1 amide bonds. The zero-order valence-corrected chi connectivity index (χ0v) is 19.3. The first-order chi connectivity index (χ1) is 12.6. The molecule has 0 spiro atoms. The van der Waals surface area contributed by atoms with Gasteiger partial charge >= 0.3 is 0 Å². The van der Waals surface area contributed by atoms with E-state index in [4.69, 9.17) is 0 Å². The van der Waals surface area contributed by atoms with E-state index in [0.29, 0.717) is 6.54 Å². The van der Waals surface area contributed by atoms with Crippen molar-refractivity contribution in [2.24, 2.45) is 0 Å². The highest BCUT2D eigenvalue weighted by Crippen LogP contribution is 2.34. The van der Waals surface area contributed by atoms with Crippen molar-refractivity contribution in [3.05, 3.63) is 65.2 Å². The van der Waals surface area contributed by atoms with Crippen molar-refractivity contribution in [3.8, 4) is 11.5 Å². The third-order valence-electron chi connectivity index (χ3n) is 4.80. The first-order valence-electron chi connectivity index (χ1n) is 9.59. The summed E-state index contributed by atoms with van der Waals surface area (Å²) in [7, 11) is -3.09. The van der Waals surface area contributed by atoms with Crippen molar-refractivity contribution in [1.82, 2.24) is 4.90 Å². The van der Waals surface area contributed by atoms with Gasteiger partial charge in [0.05, 0.1) is 8.07 Å². The molecule has 0 fully saturated rings. The van der Waals surface area contributed by atoms with Gasteiger partial charge in [0.2, 0.25) is 0 Å². The number of nitrogens with zero attached hydrogens (tertiary/aromatic N) is 1. The maximum Gasteiger partial charge on any atom is 0.255 e. The molecule has 0 saturated heterocycles. The van der Waals surface area contributed by atoms with Crippen molar-refractivity contribution in [3.63, 3.8) is 0 Å². The van der Waals surface area contributed by atoms with Crippen molar-refractivity contribution >= 4 is 27.2 Å². The molecule has 0 N–H and O–H groups in total. The van der Waals surface area contributed by atoms with E-state index in [1.807, 2.05) is 35.2 Å². The lowest BCUT2D eigenvalue weighted by molar-refractivity contribution is 0.0729. The molecule has 140 valence electrons. The van der Waals surface area contributed by atoms with Crippen LogP contribution in [-0.4, -0.2) is 27.0 Å². The molecule has 2 aromatic rings. The molecule has 1 aliphatic rings. The van der Waals surface area contributed by atoms with Crippen LogP contribution in [0.15, 0.2) is 48.5 Å². The predicted molar refractivity (Wildman–Crippen MR) is 120 cm³/mol. The first kappa shape index (κ1) is 19.7. The van der Waals surface area contributed by atoms with Gasteiger partial charge < -0.3 is 4.90 Å². The lowest BCUT2D eigenvalue weighted by atomic mass is 10.1. The van der Waals surface area contributed by atoms with Gasteiger partial charge in [-0.1, -0.05) is 86.8 Å². The maximum atomic E-state index is 13.3. The number of carbonyl (C=O) groups excluding carboxylic acids is 1. The smallest absolute Gasteiger partial charge is 0.255 e. The molecule has 2 nitrogen and oxygen atoms in total. The lowest BCUT2D eigenvalue weighted by Crippen LogP contribution is -2.41. The minimum atomic E-state index is -1.55. The van der Waals surface area contributed by atoms with Crippen LogP contribution in [0, 0.1) is 11.5 Å². The quantitative estimate of drug-likeness (QED) is 0.531. The number of hydrogen-bond acceptors (Lipinski definition) is 1. The fourth-order valence-electron chi connectivity index (χ4n) is 3.53. The van der Waals surface area contributed by atoms with Gasteiger partial charge in [-0.2, -0.15) is 0 Å². The van der Waals surface area contributed by atoms with Gasteiger partial charge in [0.15, 0.2) is 0 Å². The van der Waals surface area contributed by atoms with Gasteiger partial charge in [-0.3, -0.25) is 4.79 Å². The van der Waals surface area contributed by atoms with E-state index in [9.17, 15) is 4.79 Å². The Bertz CT molecular complexity index is 911.